The van der Waals surface area contributed by atoms with Gasteiger partial charge >= 0.3 is 0 Å². The van der Waals surface area contributed by atoms with E-state index in [2.05, 4.69) is 11.1 Å². The van der Waals surface area contributed by atoms with Crippen molar-refractivity contribution in [2.75, 3.05) is 13.7 Å². The number of carbonyl (C=O) groups is 1. The van der Waals surface area contributed by atoms with E-state index in [1.54, 1.807) is 7.11 Å². The summed E-state index contributed by atoms with van der Waals surface area (Å²) in [6, 6.07) is 14.0. The van der Waals surface area contributed by atoms with E-state index < -0.39 is 0 Å². The van der Waals surface area contributed by atoms with Crippen molar-refractivity contribution >= 4 is 16.8 Å². The third kappa shape index (κ3) is 2.74. The first-order valence-electron chi connectivity index (χ1n) is 9.44. The molecule has 0 saturated heterocycles. The number of amides is 1. The minimum atomic E-state index is -0.388. The van der Waals surface area contributed by atoms with E-state index in [-0.39, 0.29) is 12.0 Å². The van der Waals surface area contributed by atoms with Crippen molar-refractivity contribution in [3.63, 3.8) is 0 Å². The fraction of sp³-hybridized carbons (Fsp3) is 0.318. The molecule has 5 nitrogen and oxygen atoms in total. The molecule has 5 heteroatoms. The molecule has 1 aromatic heterocycles. The monoisotopic (exact) mass is 362 g/mol. The zero-order valence-electron chi connectivity index (χ0n) is 15.3. The molecule has 138 valence electrons. The quantitative estimate of drug-likeness (QED) is 0.760. The van der Waals surface area contributed by atoms with Gasteiger partial charge in [-0.15, -0.1) is 0 Å². The predicted molar refractivity (Wildman–Crippen MR) is 103 cm³/mol. The number of aryl methyl sites for hydroxylation is 1. The van der Waals surface area contributed by atoms with Crippen LogP contribution in [0.5, 0.6) is 11.5 Å². The van der Waals surface area contributed by atoms with Gasteiger partial charge in [-0.3, -0.25) is 4.79 Å². The van der Waals surface area contributed by atoms with Crippen LogP contribution in [-0.4, -0.2) is 35.5 Å². The Bertz CT molecular complexity index is 1020. The Hall–Kier alpha value is -2.95. The van der Waals surface area contributed by atoms with Crippen molar-refractivity contribution in [2.45, 2.75) is 31.9 Å². The molecule has 5 rings (SSSR count). The molecular weight excluding hydrogens is 340 g/mol. The zero-order chi connectivity index (χ0) is 18.4. The van der Waals surface area contributed by atoms with E-state index in [9.17, 15) is 4.79 Å². The molecule has 1 N–H and O–H groups in total. The lowest BCUT2D eigenvalue weighted by molar-refractivity contribution is -0.140. The smallest absolute Gasteiger partial charge is 0.263 e. The van der Waals surface area contributed by atoms with Gasteiger partial charge in [-0.1, -0.05) is 18.2 Å². The number of aromatic nitrogens is 1. The number of nitrogens with zero attached hydrogens (tertiary/aromatic N) is 1. The molecule has 0 bridgehead atoms. The van der Waals surface area contributed by atoms with Gasteiger partial charge in [0.05, 0.1) is 7.11 Å². The van der Waals surface area contributed by atoms with Crippen molar-refractivity contribution in [3.05, 3.63) is 59.3 Å². The van der Waals surface area contributed by atoms with E-state index in [1.165, 1.54) is 16.8 Å². The molecule has 3 aromatic rings. The van der Waals surface area contributed by atoms with Crippen molar-refractivity contribution in [1.82, 2.24) is 9.88 Å². The van der Waals surface area contributed by atoms with E-state index in [0.29, 0.717) is 6.54 Å². The fourth-order valence-electron chi connectivity index (χ4n) is 4.21. The largest absolute Gasteiger partial charge is 0.497 e. The van der Waals surface area contributed by atoms with Gasteiger partial charge in [-0.2, -0.15) is 0 Å². The Balaban J connectivity index is 1.40. The number of para-hydroxylation sites is 1. The van der Waals surface area contributed by atoms with E-state index >= 15 is 0 Å². The van der Waals surface area contributed by atoms with Crippen molar-refractivity contribution in [3.8, 4) is 11.5 Å². The predicted octanol–water partition coefficient (Wildman–Crippen LogP) is 3.46. The molecule has 3 heterocycles. The number of benzene rings is 2. The van der Waals surface area contributed by atoms with Crippen LogP contribution in [0.2, 0.25) is 0 Å². The second kappa shape index (κ2) is 6.34. The van der Waals surface area contributed by atoms with Crippen LogP contribution in [0.15, 0.2) is 42.5 Å². The molecule has 0 radical (unpaired) electrons. The number of fused-ring (bicyclic) bond motifs is 4. The minimum Gasteiger partial charge on any atom is -0.497 e. The minimum absolute atomic E-state index is 0.0902. The third-order valence-corrected chi connectivity index (χ3v) is 5.69. The number of methoxy groups -OCH3 is 1. The lowest BCUT2D eigenvalue weighted by Gasteiger charge is -2.33. The SMILES string of the molecule is COc1ccc2[nH]c3c(c2c1)CN(C(=O)C1CCc2ccccc2O1)CC3. The summed E-state index contributed by atoms with van der Waals surface area (Å²) in [6.45, 7) is 1.33. The summed E-state index contributed by atoms with van der Waals surface area (Å²) in [7, 11) is 1.67. The molecular formula is C22H22N2O3. The molecule has 0 spiro atoms. The maximum absolute atomic E-state index is 13.1. The van der Waals surface area contributed by atoms with E-state index in [0.717, 1.165) is 48.2 Å². The molecule has 0 fully saturated rings. The molecule has 1 amide bonds. The molecule has 2 aromatic carbocycles. The summed E-state index contributed by atoms with van der Waals surface area (Å²) in [5.41, 5.74) is 4.70. The van der Waals surface area contributed by atoms with Crippen LogP contribution in [0.1, 0.15) is 23.2 Å². The Morgan fingerprint density at radius 3 is 3.00 bits per heavy atom. The van der Waals surface area contributed by atoms with Gasteiger partial charge in [-0.05, 0) is 42.7 Å². The molecule has 1 unspecified atom stereocenters. The normalized spacial score (nSPS) is 18.6. The molecule has 0 saturated carbocycles. The van der Waals surface area contributed by atoms with Gasteiger partial charge in [0.15, 0.2) is 6.10 Å². The number of H-pyrrole nitrogens is 1. The Morgan fingerprint density at radius 2 is 2.11 bits per heavy atom. The summed E-state index contributed by atoms with van der Waals surface area (Å²) < 4.78 is 11.4. The van der Waals surface area contributed by atoms with Crippen LogP contribution < -0.4 is 9.47 Å². The van der Waals surface area contributed by atoms with Gasteiger partial charge in [0, 0.05) is 41.7 Å². The average Bonchev–Trinajstić information content (AvgIpc) is 3.09. The Morgan fingerprint density at radius 1 is 1.22 bits per heavy atom. The number of nitrogens with one attached hydrogen (secondary N) is 1. The summed E-state index contributed by atoms with van der Waals surface area (Å²) in [6.07, 6.45) is 2.07. The molecule has 1 atom stereocenters. The van der Waals surface area contributed by atoms with Crippen LogP contribution in [0.25, 0.3) is 10.9 Å². The maximum Gasteiger partial charge on any atom is 0.263 e. The highest BCUT2D eigenvalue weighted by Gasteiger charge is 2.32. The Kier molecular flexibility index (Phi) is 3.81. The summed E-state index contributed by atoms with van der Waals surface area (Å²) >= 11 is 0. The van der Waals surface area contributed by atoms with Crippen LogP contribution in [0.3, 0.4) is 0 Å². The maximum atomic E-state index is 13.1. The molecule has 0 aliphatic carbocycles. The second-order valence-electron chi connectivity index (χ2n) is 7.26. The first kappa shape index (κ1) is 16.2. The van der Waals surface area contributed by atoms with Gasteiger partial charge in [0.1, 0.15) is 11.5 Å². The van der Waals surface area contributed by atoms with Crippen LogP contribution in [0.4, 0.5) is 0 Å². The second-order valence-corrected chi connectivity index (χ2v) is 7.26. The highest BCUT2D eigenvalue weighted by atomic mass is 16.5. The summed E-state index contributed by atoms with van der Waals surface area (Å²) in [5.74, 6) is 1.77. The van der Waals surface area contributed by atoms with E-state index in [4.69, 9.17) is 9.47 Å². The van der Waals surface area contributed by atoms with E-state index in [1.807, 2.05) is 41.3 Å². The highest BCUT2D eigenvalue weighted by molar-refractivity contribution is 5.88. The fourth-order valence-corrected chi connectivity index (χ4v) is 4.21. The molecule has 27 heavy (non-hydrogen) atoms. The first-order valence-corrected chi connectivity index (χ1v) is 9.44. The van der Waals surface area contributed by atoms with Gasteiger partial charge < -0.3 is 19.4 Å². The van der Waals surface area contributed by atoms with Crippen molar-refractivity contribution < 1.29 is 14.3 Å². The zero-order valence-corrected chi connectivity index (χ0v) is 15.3. The lowest BCUT2D eigenvalue weighted by Crippen LogP contribution is -2.45. The Labute approximate surface area is 157 Å². The van der Waals surface area contributed by atoms with Crippen molar-refractivity contribution in [1.29, 1.82) is 0 Å². The lowest BCUT2D eigenvalue weighted by atomic mass is 9.99. The van der Waals surface area contributed by atoms with Crippen LogP contribution >= 0.6 is 0 Å². The van der Waals surface area contributed by atoms with Gasteiger partial charge in [0.2, 0.25) is 0 Å². The van der Waals surface area contributed by atoms with Crippen LogP contribution in [0, 0.1) is 0 Å². The number of hydrogen-bond donors (Lipinski definition) is 1. The number of carbonyl (C=O) groups excluding carboxylic acids is 1. The average molecular weight is 362 g/mol. The molecule has 2 aliphatic heterocycles. The van der Waals surface area contributed by atoms with Crippen LogP contribution in [-0.2, 0) is 24.2 Å². The van der Waals surface area contributed by atoms with Gasteiger partial charge in [0.25, 0.3) is 5.91 Å². The summed E-state index contributed by atoms with van der Waals surface area (Å²) in [5, 5.41) is 1.14. The highest BCUT2D eigenvalue weighted by Crippen LogP contribution is 2.32. The van der Waals surface area contributed by atoms with Gasteiger partial charge in [-0.25, -0.2) is 0 Å². The third-order valence-electron chi connectivity index (χ3n) is 5.69. The number of hydrogen-bond acceptors (Lipinski definition) is 3. The number of ether oxygens (including phenoxy) is 2. The topological polar surface area (TPSA) is 54.6 Å². The standard InChI is InChI=1S/C22H22N2O3/c1-26-15-7-8-18-16(12-15)17-13-24(11-10-19(17)23-18)22(25)21-9-6-14-4-2-3-5-20(14)27-21/h2-5,7-8,12,21,23H,6,9-11,13H2,1H3. The number of aromatic amines is 1. The first-order chi connectivity index (χ1) is 13.2. The summed E-state index contributed by atoms with van der Waals surface area (Å²) in [4.78, 5) is 18.6. The molecule has 2 aliphatic rings. The number of rotatable bonds is 2. The van der Waals surface area contributed by atoms with Crippen molar-refractivity contribution in [2.24, 2.45) is 0 Å².